The van der Waals surface area contributed by atoms with Crippen molar-refractivity contribution in [3.63, 3.8) is 0 Å². The molecule has 3 aliphatic carbocycles. The van der Waals surface area contributed by atoms with Crippen molar-refractivity contribution in [2.75, 3.05) is 0 Å². The summed E-state index contributed by atoms with van der Waals surface area (Å²) in [5.74, 6) is 10.6. The van der Waals surface area contributed by atoms with Crippen LogP contribution >= 0.6 is 0 Å². The van der Waals surface area contributed by atoms with Crippen LogP contribution in [0, 0.1) is 35.5 Å². The predicted octanol–water partition coefficient (Wildman–Crippen LogP) is 2.06. The molecule has 0 N–H and O–H groups in total. The second-order valence-electron chi connectivity index (χ2n) is 4.05. The SMILES string of the molecule is C1#CC2C3CCC(C3)C2C1. The Hall–Kier alpha value is -0.440. The summed E-state index contributed by atoms with van der Waals surface area (Å²) in [6.45, 7) is 0. The van der Waals surface area contributed by atoms with Gasteiger partial charge >= 0.3 is 0 Å². The molecule has 4 atom stereocenters. The van der Waals surface area contributed by atoms with E-state index in [-0.39, 0.29) is 0 Å². The third-order valence-electron chi connectivity index (χ3n) is 3.69. The molecule has 4 unspecified atom stereocenters. The molecule has 0 aromatic rings. The van der Waals surface area contributed by atoms with Crippen molar-refractivity contribution in [1.29, 1.82) is 0 Å². The molecule has 0 nitrogen and oxygen atoms in total. The van der Waals surface area contributed by atoms with Gasteiger partial charge in [-0.2, -0.15) is 0 Å². The molecular weight excluding hydrogens is 120 g/mol. The van der Waals surface area contributed by atoms with Crippen LogP contribution in [0.5, 0.6) is 0 Å². The summed E-state index contributed by atoms with van der Waals surface area (Å²) < 4.78 is 0. The first kappa shape index (κ1) is 5.24. The Balaban J connectivity index is 1.99. The highest BCUT2D eigenvalue weighted by molar-refractivity contribution is 5.20. The van der Waals surface area contributed by atoms with Gasteiger partial charge in [0.15, 0.2) is 0 Å². The normalized spacial score (nSPS) is 54.4. The molecule has 0 heterocycles. The summed E-state index contributed by atoms with van der Waals surface area (Å²) in [6.07, 6.45) is 5.74. The number of fused-ring (bicyclic) bond motifs is 5. The van der Waals surface area contributed by atoms with Crippen LogP contribution in [0.2, 0.25) is 0 Å². The summed E-state index contributed by atoms with van der Waals surface area (Å²) in [6, 6.07) is 0. The van der Waals surface area contributed by atoms with Gasteiger partial charge in [0, 0.05) is 12.3 Å². The zero-order chi connectivity index (χ0) is 6.55. The van der Waals surface area contributed by atoms with Crippen LogP contribution in [-0.4, -0.2) is 0 Å². The van der Waals surface area contributed by atoms with Gasteiger partial charge in [-0.25, -0.2) is 0 Å². The van der Waals surface area contributed by atoms with Crippen LogP contribution in [0.15, 0.2) is 0 Å². The maximum absolute atomic E-state index is 3.40. The molecule has 10 heavy (non-hydrogen) atoms. The van der Waals surface area contributed by atoms with E-state index in [1.807, 2.05) is 0 Å². The molecule has 2 bridgehead atoms. The number of rotatable bonds is 0. The molecule has 0 saturated heterocycles. The molecule has 2 fully saturated rings. The molecule has 0 amide bonds. The lowest BCUT2D eigenvalue weighted by Crippen LogP contribution is -2.17. The Morgan fingerprint density at radius 3 is 2.90 bits per heavy atom. The van der Waals surface area contributed by atoms with E-state index >= 15 is 0 Å². The van der Waals surface area contributed by atoms with Crippen molar-refractivity contribution in [3.05, 3.63) is 0 Å². The van der Waals surface area contributed by atoms with E-state index in [1.54, 1.807) is 0 Å². The van der Waals surface area contributed by atoms with Crippen molar-refractivity contribution in [2.24, 2.45) is 23.7 Å². The van der Waals surface area contributed by atoms with Crippen LogP contribution in [0.1, 0.15) is 25.7 Å². The number of hydrogen-bond donors (Lipinski definition) is 0. The van der Waals surface area contributed by atoms with E-state index in [4.69, 9.17) is 0 Å². The maximum atomic E-state index is 3.40. The molecule has 0 aromatic carbocycles. The monoisotopic (exact) mass is 132 g/mol. The van der Waals surface area contributed by atoms with Crippen LogP contribution in [0.3, 0.4) is 0 Å². The van der Waals surface area contributed by atoms with Gasteiger partial charge in [0.2, 0.25) is 0 Å². The largest absolute Gasteiger partial charge is 0.103 e. The maximum Gasteiger partial charge on any atom is 0.0271 e. The van der Waals surface area contributed by atoms with Gasteiger partial charge in [-0.1, -0.05) is 5.92 Å². The Morgan fingerprint density at radius 2 is 2.00 bits per heavy atom. The van der Waals surface area contributed by atoms with Crippen molar-refractivity contribution < 1.29 is 0 Å². The molecule has 0 aromatic heterocycles. The lowest BCUT2D eigenvalue weighted by atomic mass is 9.81. The molecule has 0 spiro atoms. The lowest BCUT2D eigenvalue weighted by Gasteiger charge is -2.22. The van der Waals surface area contributed by atoms with Crippen LogP contribution < -0.4 is 0 Å². The average molecular weight is 132 g/mol. The third-order valence-corrected chi connectivity index (χ3v) is 3.69. The van der Waals surface area contributed by atoms with E-state index in [0.717, 1.165) is 23.7 Å². The summed E-state index contributed by atoms with van der Waals surface area (Å²) >= 11 is 0. The minimum absolute atomic E-state index is 0.846. The highest BCUT2D eigenvalue weighted by Gasteiger charge is 2.47. The minimum Gasteiger partial charge on any atom is -0.103 e. The summed E-state index contributed by atoms with van der Waals surface area (Å²) in [7, 11) is 0. The van der Waals surface area contributed by atoms with Gasteiger partial charge in [0.25, 0.3) is 0 Å². The first-order chi connectivity index (χ1) is 4.95. The zero-order valence-corrected chi connectivity index (χ0v) is 6.14. The van der Waals surface area contributed by atoms with Gasteiger partial charge in [0.1, 0.15) is 0 Å². The Bertz CT molecular complexity index is 218. The zero-order valence-electron chi connectivity index (χ0n) is 6.14. The summed E-state index contributed by atoms with van der Waals surface area (Å²) in [5, 5.41) is 0. The fourth-order valence-electron chi connectivity index (χ4n) is 3.22. The molecule has 3 aliphatic rings. The van der Waals surface area contributed by atoms with Crippen molar-refractivity contribution in [3.8, 4) is 11.8 Å². The van der Waals surface area contributed by atoms with E-state index < -0.39 is 0 Å². The Morgan fingerprint density at radius 1 is 1.10 bits per heavy atom. The summed E-state index contributed by atoms with van der Waals surface area (Å²) in [5.41, 5.74) is 0. The van der Waals surface area contributed by atoms with E-state index in [1.165, 1.54) is 25.7 Å². The Kier molecular flexibility index (Phi) is 0.832. The van der Waals surface area contributed by atoms with E-state index in [2.05, 4.69) is 11.8 Å². The highest BCUT2D eigenvalue weighted by atomic mass is 14.5. The van der Waals surface area contributed by atoms with Gasteiger partial charge < -0.3 is 0 Å². The van der Waals surface area contributed by atoms with Crippen LogP contribution in [0.25, 0.3) is 0 Å². The molecule has 0 heteroatoms. The minimum atomic E-state index is 0.846. The van der Waals surface area contributed by atoms with Gasteiger partial charge in [-0.15, -0.1) is 5.92 Å². The van der Waals surface area contributed by atoms with E-state index in [0.29, 0.717) is 0 Å². The third kappa shape index (κ3) is 0.461. The van der Waals surface area contributed by atoms with E-state index in [9.17, 15) is 0 Å². The first-order valence-corrected chi connectivity index (χ1v) is 4.43. The standard InChI is InChI=1S/C10H12/c1-2-9-7-4-5-8(6-7)10(9)3-1/h7-10H,2,4-6H2. The highest BCUT2D eigenvalue weighted by Crippen LogP contribution is 2.54. The van der Waals surface area contributed by atoms with Crippen LogP contribution in [-0.2, 0) is 0 Å². The second kappa shape index (κ2) is 1.59. The van der Waals surface area contributed by atoms with Gasteiger partial charge in [-0.3, -0.25) is 0 Å². The molecule has 0 radical (unpaired) electrons. The van der Waals surface area contributed by atoms with Crippen molar-refractivity contribution >= 4 is 0 Å². The first-order valence-electron chi connectivity index (χ1n) is 4.43. The molecule has 3 rings (SSSR count). The van der Waals surface area contributed by atoms with Gasteiger partial charge in [0.05, 0.1) is 0 Å². The fraction of sp³-hybridized carbons (Fsp3) is 0.800. The molecule has 0 aliphatic heterocycles. The smallest absolute Gasteiger partial charge is 0.0271 e. The second-order valence-corrected chi connectivity index (χ2v) is 4.05. The Labute approximate surface area is 62.0 Å². The molecule has 52 valence electrons. The lowest BCUT2D eigenvalue weighted by molar-refractivity contribution is 0.290. The van der Waals surface area contributed by atoms with Crippen LogP contribution in [0.4, 0.5) is 0 Å². The van der Waals surface area contributed by atoms with Crippen molar-refractivity contribution in [2.45, 2.75) is 25.7 Å². The fourth-order valence-corrected chi connectivity index (χ4v) is 3.22. The molecule has 2 saturated carbocycles. The van der Waals surface area contributed by atoms with Gasteiger partial charge in [-0.05, 0) is 37.0 Å². The number of hydrogen-bond acceptors (Lipinski definition) is 0. The van der Waals surface area contributed by atoms with Crippen molar-refractivity contribution in [1.82, 2.24) is 0 Å². The predicted molar refractivity (Wildman–Crippen MR) is 40.2 cm³/mol. The average Bonchev–Trinajstić information content (AvgIpc) is 2.60. The summed E-state index contributed by atoms with van der Waals surface area (Å²) in [4.78, 5) is 0. The quantitative estimate of drug-likeness (QED) is 0.442. The topological polar surface area (TPSA) is 0 Å². The molecular formula is C10H12.